The van der Waals surface area contributed by atoms with Crippen LogP contribution in [0.25, 0.3) is 5.70 Å². The van der Waals surface area contributed by atoms with Gasteiger partial charge in [0.05, 0.1) is 11.4 Å². The first-order chi connectivity index (χ1) is 6.70. The number of aromatic nitrogens is 2. The van der Waals surface area contributed by atoms with E-state index in [1.807, 2.05) is 26.1 Å². The van der Waals surface area contributed by atoms with Crippen LogP contribution in [0.4, 0.5) is 0 Å². The first-order valence-corrected chi connectivity index (χ1v) is 4.85. The maximum atomic E-state index is 6.09. The summed E-state index contributed by atoms with van der Waals surface area (Å²) >= 11 is 6.09. The first-order valence-electron chi connectivity index (χ1n) is 4.48. The molecule has 0 aromatic carbocycles. The molecule has 0 aliphatic carbocycles. The molecule has 1 aromatic rings. The van der Waals surface area contributed by atoms with Crippen molar-refractivity contribution in [1.82, 2.24) is 15.1 Å². The number of hydrogen-bond acceptors (Lipinski definition) is 2. The molecule has 0 unspecified atom stereocenters. The monoisotopic (exact) mass is 209 g/mol. The normalized spacial score (nSPS) is 17.4. The summed E-state index contributed by atoms with van der Waals surface area (Å²) in [5, 5.41) is 7.72. The van der Waals surface area contributed by atoms with Crippen molar-refractivity contribution in [3.05, 3.63) is 34.6 Å². The van der Waals surface area contributed by atoms with E-state index in [9.17, 15) is 0 Å². The molecule has 1 aromatic heterocycles. The minimum Gasteiger partial charge on any atom is -0.369 e. The van der Waals surface area contributed by atoms with Gasteiger partial charge < -0.3 is 4.90 Å². The van der Waals surface area contributed by atoms with E-state index in [-0.39, 0.29) is 0 Å². The lowest BCUT2D eigenvalue weighted by molar-refractivity contribution is 0.524. The molecular weight excluding hydrogens is 198 g/mol. The predicted octanol–water partition coefficient (Wildman–Crippen LogP) is 2.21. The number of H-pyrrole nitrogens is 1. The molecule has 0 radical (unpaired) electrons. The lowest BCUT2D eigenvalue weighted by Gasteiger charge is -2.26. The molecule has 0 saturated carbocycles. The largest absolute Gasteiger partial charge is 0.369 e. The van der Waals surface area contributed by atoms with Crippen molar-refractivity contribution >= 4 is 17.3 Å². The van der Waals surface area contributed by atoms with Gasteiger partial charge in [-0.2, -0.15) is 5.10 Å². The van der Waals surface area contributed by atoms with E-state index in [1.54, 1.807) is 6.20 Å². The Balaban J connectivity index is 2.49. The second-order valence-electron chi connectivity index (χ2n) is 3.38. The summed E-state index contributed by atoms with van der Waals surface area (Å²) < 4.78 is 0. The van der Waals surface area contributed by atoms with E-state index in [4.69, 9.17) is 11.6 Å². The highest BCUT2D eigenvalue weighted by Crippen LogP contribution is 2.30. The Bertz CT molecular complexity index is 390. The van der Waals surface area contributed by atoms with Crippen LogP contribution in [-0.4, -0.2) is 28.7 Å². The van der Waals surface area contributed by atoms with Gasteiger partial charge in [-0.1, -0.05) is 11.6 Å². The molecule has 0 amide bonds. The van der Waals surface area contributed by atoms with Gasteiger partial charge in [0.25, 0.3) is 0 Å². The molecule has 0 spiro atoms. The van der Waals surface area contributed by atoms with Gasteiger partial charge in [-0.15, -0.1) is 0 Å². The highest BCUT2D eigenvalue weighted by molar-refractivity contribution is 6.32. The number of hydrogen-bond donors (Lipinski definition) is 1. The van der Waals surface area contributed by atoms with Crippen LogP contribution in [0.15, 0.2) is 28.9 Å². The topological polar surface area (TPSA) is 31.9 Å². The number of allylic oxidation sites excluding steroid dienone is 2. The van der Waals surface area contributed by atoms with Crippen LogP contribution in [0.3, 0.4) is 0 Å². The summed E-state index contributed by atoms with van der Waals surface area (Å²) in [6.07, 6.45) is 3.76. The second-order valence-corrected chi connectivity index (χ2v) is 3.78. The zero-order valence-electron chi connectivity index (χ0n) is 8.21. The van der Waals surface area contributed by atoms with Crippen LogP contribution in [-0.2, 0) is 0 Å². The number of rotatable bonds is 1. The van der Waals surface area contributed by atoms with Crippen LogP contribution < -0.4 is 0 Å². The van der Waals surface area contributed by atoms with Gasteiger partial charge >= 0.3 is 0 Å². The molecular formula is C10H12ClN3. The summed E-state index contributed by atoms with van der Waals surface area (Å²) in [5.74, 6) is 0. The average molecular weight is 210 g/mol. The van der Waals surface area contributed by atoms with E-state index < -0.39 is 0 Å². The minimum atomic E-state index is 0.827. The van der Waals surface area contributed by atoms with Gasteiger partial charge in [-0.3, -0.25) is 5.10 Å². The molecule has 3 nitrogen and oxygen atoms in total. The van der Waals surface area contributed by atoms with Gasteiger partial charge in [0.15, 0.2) is 0 Å². The molecule has 4 heteroatoms. The fraction of sp³-hybridized carbons (Fsp3) is 0.300. The van der Waals surface area contributed by atoms with Gasteiger partial charge in [0.1, 0.15) is 0 Å². The Hall–Kier alpha value is -1.22. The fourth-order valence-electron chi connectivity index (χ4n) is 1.66. The lowest BCUT2D eigenvalue weighted by Crippen LogP contribution is -2.21. The third-order valence-electron chi connectivity index (χ3n) is 2.40. The minimum absolute atomic E-state index is 0.827. The zero-order valence-corrected chi connectivity index (χ0v) is 8.97. The van der Waals surface area contributed by atoms with Crippen molar-refractivity contribution in [1.29, 1.82) is 0 Å². The second kappa shape index (κ2) is 3.50. The van der Waals surface area contributed by atoms with Crippen LogP contribution in [0, 0.1) is 0 Å². The molecule has 2 rings (SSSR count). The summed E-state index contributed by atoms with van der Waals surface area (Å²) in [4.78, 5) is 2.15. The SMILES string of the molecule is CC1=C(c2ccn[nH]2)N(C)CC=C1Cl. The summed E-state index contributed by atoms with van der Waals surface area (Å²) in [7, 11) is 2.04. The smallest absolute Gasteiger partial charge is 0.0814 e. The quantitative estimate of drug-likeness (QED) is 0.769. The van der Waals surface area contributed by atoms with Gasteiger partial charge in [-0.25, -0.2) is 0 Å². The van der Waals surface area contributed by atoms with E-state index in [0.29, 0.717) is 0 Å². The molecule has 1 N–H and O–H groups in total. The molecule has 74 valence electrons. The average Bonchev–Trinajstić information content (AvgIpc) is 2.65. The number of aromatic amines is 1. The predicted molar refractivity (Wildman–Crippen MR) is 57.7 cm³/mol. The molecule has 2 heterocycles. The van der Waals surface area contributed by atoms with Crippen molar-refractivity contribution < 1.29 is 0 Å². The Kier molecular flexibility index (Phi) is 2.33. The Labute approximate surface area is 88.1 Å². The van der Waals surface area contributed by atoms with Crippen LogP contribution in [0.2, 0.25) is 0 Å². The van der Waals surface area contributed by atoms with Crippen LogP contribution in [0.1, 0.15) is 12.6 Å². The van der Waals surface area contributed by atoms with Crippen LogP contribution in [0.5, 0.6) is 0 Å². The number of nitrogens with zero attached hydrogens (tertiary/aromatic N) is 2. The highest BCUT2D eigenvalue weighted by atomic mass is 35.5. The van der Waals surface area contributed by atoms with E-state index in [0.717, 1.165) is 28.5 Å². The van der Waals surface area contributed by atoms with Crippen LogP contribution >= 0.6 is 11.6 Å². The molecule has 0 saturated heterocycles. The molecule has 0 fully saturated rings. The summed E-state index contributed by atoms with van der Waals surface area (Å²) in [5.41, 5.74) is 3.22. The zero-order chi connectivity index (χ0) is 10.1. The fourth-order valence-corrected chi connectivity index (χ4v) is 1.81. The number of halogens is 1. The molecule has 1 aliphatic rings. The van der Waals surface area contributed by atoms with E-state index in [2.05, 4.69) is 15.1 Å². The van der Waals surface area contributed by atoms with E-state index in [1.165, 1.54) is 0 Å². The molecule has 1 aliphatic heterocycles. The van der Waals surface area contributed by atoms with Gasteiger partial charge in [0.2, 0.25) is 0 Å². The van der Waals surface area contributed by atoms with Crippen molar-refractivity contribution in [3.8, 4) is 0 Å². The lowest BCUT2D eigenvalue weighted by atomic mass is 10.1. The van der Waals surface area contributed by atoms with E-state index >= 15 is 0 Å². The van der Waals surface area contributed by atoms with Gasteiger partial charge in [-0.05, 0) is 24.6 Å². The van der Waals surface area contributed by atoms with Crippen molar-refractivity contribution in [2.45, 2.75) is 6.92 Å². The Morgan fingerprint density at radius 1 is 1.57 bits per heavy atom. The number of likely N-dealkylation sites (N-methyl/N-ethyl adjacent to an activating group) is 1. The standard InChI is InChI=1S/C10H12ClN3/c1-7-8(11)4-6-14(2)10(7)9-3-5-12-13-9/h3-5H,6H2,1-2H3,(H,12,13). The molecule has 14 heavy (non-hydrogen) atoms. The van der Waals surface area contributed by atoms with Crippen molar-refractivity contribution in [2.24, 2.45) is 0 Å². The molecule has 0 bridgehead atoms. The maximum Gasteiger partial charge on any atom is 0.0814 e. The summed E-state index contributed by atoms with van der Waals surface area (Å²) in [6.45, 7) is 2.86. The summed E-state index contributed by atoms with van der Waals surface area (Å²) in [6, 6.07) is 1.95. The van der Waals surface area contributed by atoms with Crippen molar-refractivity contribution in [2.75, 3.05) is 13.6 Å². The van der Waals surface area contributed by atoms with Crippen molar-refractivity contribution in [3.63, 3.8) is 0 Å². The highest BCUT2D eigenvalue weighted by Gasteiger charge is 2.17. The van der Waals surface area contributed by atoms with Gasteiger partial charge in [0, 0.05) is 24.8 Å². The maximum absolute atomic E-state index is 6.09. The first kappa shape index (κ1) is 9.34. The Morgan fingerprint density at radius 2 is 2.36 bits per heavy atom. The Morgan fingerprint density at radius 3 is 3.00 bits per heavy atom. The molecule has 0 atom stereocenters. The third kappa shape index (κ3) is 1.44. The number of nitrogens with one attached hydrogen (secondary N) is 1. The third-order valence-corrected chi connectivity index (χ3v) is 2.83.